The van der Waals surface area contributed by atoms with Crippen molar-refractivity contribution in [1.82, 2.24) is 29.9 Å². The molecule has 2 aromatic carbocycles. The molecular weight excluding hydrogens is 420 g/mol. The molecule has 0 aliphatic rings. The summed E-state index contributed by atoms with van der Waals surface area (Å²) in [6.07, 6.45) is 2.23. The Kier molecular flexibility index (Phi) is 6.41. The first-order chi connectivity index (χ1) is 15.5. The molecule has 4 aromatic rings. The van der Waals surface area contributed by atoms with Gasteiger partial charge in [-0.1, -0.05) is 48.2 Å². The smallest absolute Gasteiger partial charge is 0.224 e. The van der Waals surface area contributed by atoms with Gasteiger partial charge in [-0.2, -0.15) is 5.10 Å². The van der Waals surface area contributed by atoms with Crippen LogP contribution < -0.4 is 5.32 Å². The van der Waals surface area contributed by atoms with Crippen LogP contribution in [0.25, 0.3) is 11.4 Å². The maximum Gasteiger partial charge on any atom is 0.224 e. The topological polar surface area (TPSA) is 77.6 Å². The first-order valence-corrected chi connectivity index (χ1v) is 11.6. The molecule has 0 aliphatic carbocycles. The molecule has 0 unspecified atom stereocenters. The van der Waals surface area contributed by atoms with Gasteiger partial charge in [0, 0.05) is 11.3 Å². The number of rotatable bonds is 7. The van der Waals surface area contributed by atoms with Crippen molar-refractivity contribution in [3.05, 3.63) is 82.9 Å². The molecule has 164 valence electrons. The van der Waals surface area contributed by atoms with Crippen LogP contribution in [0.5, 0.6) is 0 Å². The van der Waals surface area contributed by atoms with Gasteiger partial charge in [0.25, 0.3) is 0 Å². The molecule has 0 saturated carbocycles. The van der Waals surface area contributed by atoms with Gasteiger partial charge in [0.1, 0.15) is 0 Å². The predicted molar refractivity (Wildman–Crippen MR) is 126 cm³/mol. The predicted octanol–water partition coefficient (Wildman–Crippen LogP) is 3.96. The Labute approximate surface area is 191 Å². The highest BCUT2D eigenvalue weighted by atomic mass is 32.2. The number of hydrogen-bond donors (Lipinski definition) is 1. The van der Waals surface area contributed by atoms with E-state index in [9.17, 15) is 4.79 Å². The molecule has 8 heteroatoms. The van der Waals surface area contributed by atoms with Crippen LogP contribution >= 0.6 is 11.8 Å². The van der Waals surface area contributed by atoms with Gasteiger partial charge in [-0.15, -0.1) is 10.2 Å². The lowest BCUT2D eigenvalue weighted by molar-refractivity contribution is -0.120. The average Bonchev–Trinajstić information content (AvgIpc) is 3.34. The molecule has 0 aliphatic heterocycles. The molecule has 0 saturated heterocycles. The Morgan fingerprint density at radius 3 is 2.44 bits per heavy atom. The summed E-state index contributed by atoms with van der Waals surface area (Å²) in [6, 6.07) is 18.0. The van der Waals surface area contributed by atoms with E-state index >= 15 is 0 Å². The van der Waals surface area contributed by atoms with Gasteiger partial charge in [0.15, 0.2) is 11.0 Å². The molecular formula is C24H26N6OS. The molecule has 32 heavy (non-hydrogen) atoms. The third-order valence-electron chi connectivity index (χ3n) is 5.46. The summed E-state index contributed by atoms with van der Waals surface area (Å²) >= 11 is 1.53. The highest BCUT2D eigenvalue weighted by Crippen LogP contribution is 2.23. The second kappa shape index (κ2) is 9.40. The third kappa shape index (κ3) is 4.31. The minimum atomic E-state index is -0.0751. The number of para-hydroxylation sites is 2. The fraction of sp³-hybridized carbons (Fsp3) is 0.250. The van der Waals surface area contributed by atoms with Crippen LogP contribution in [0.3, 0.4) is 0 Å². The lowest BCUT2D eigenvalue weighted by Crippen LogP contribution is -2.26. The zero-order valence-electron chi connectivity index (χ0n) is 18.7. The summed E-state index contributed by atoms with van der Waals surface area (Å²) in [6.45, 7) is 6.28. The fourth-order valence-corrected chi connectivity index (χ4v) is 4.26. The van der Waals surface area contributed by atoms with Crippen molar-refractivity contribution in [1.29, 1.82) is 0 Å². The van der Waals surface area contributed by atoms with Crippen LogP contribution in [-0.4, -0.2) is 36.7 Å². The maximum absolute atomic E-state index is 12.8. The average molecular weight is 447 g/mol. The van der Waals surface area contributed by atoms with E-state index in [-0.39, 0.29) is 12.3 Å². The molecule has 0 atom stereocenters. The lowest BCUT2D eigenvalue weighted by Gasteiger charge is -2.12. The number of carbonyl (C=O) groups excluding carboxylic acids is 1. The highest BCUT2D eigenvalue weighted by Gasteiger charge is 2.18. The zero-order valence-corrected chi connectivity index (χ0v) is 19.5. The molecule has 2 aromatic heterocycles. The Morgan fingerprint density at radius 1 is 1.00 bits per heavy atom. The normalized spacial score (nSPS) is 11.0. The third-order valence-corrected chi connectivity index (χ3v) is 6.09. The van der Waals surface area contributed by atoms with E-state index in [2.05, 4.69) is 33.6 Å². The quantitative estimate of drug-likeness (QED) is 0.435. The van der Waals surface area contributed by atoms with Gasteiger partial charge in [-0.05, 0) is 50.8 Å². The highest BCUT2D eigenvalue weighted by molar-refractivity contribution is 7.98. The van der Waals surface area contributed by atoms with Gasteiger partial charge in [0.05, 0.1) is 30.0 Å². The van der Waals surface area contributed by atoms with E-state index in [1.165, 1.54) is 11.8 Å². The molecule has 0 spiro atoms. The number of nitrogens with zero attached hydrogens (tertiary/aromatic N) is 5. The van der Waals surface area contributed by atoms with Gasteiger partial charge >= 0.3 is 0 Å². The van der Waals surface area contributed by atoms with Crippen molar-refractivity contribution in [3.8, 4) is 11.4 Å². The summed E-state index contributed by atoms with van der Waals surface area (Å²) in [4.78, 5) is 12.8. The molecule has 2 heterocycles. The number of benzene rings is 2. The Balaban J connectivity index is 1.51. The number of thioether (sulfide) groups is 1. The van der Waals surface area contributed by atoms with Crippen LogP contribution in [0.1, 0.15) is 28.3 Å². The number of nitrogens with one attached hydrogen (secondary N) is 1. The van der Waals surface area contributed by atoms with Crippen LogP contribution in [-0.2, 0) is 17.8 Å². The monoisotopic (exact) mass is 446 g/mol. The number of aryl methyl sites for hydroxylation is 2. The molecule has 1 amide bonds. The standard InChI is InChI=1S/C24H26N6OS/c1-16-10-8-9-13-21(16)29-22(26-27-24(29)32-4)15-25-23(31)14-20-17(2)28-30(18(20)3)19-11-6-5-7-12-19/h5-13H,14-15H2,1-4H3,(H,25,31). The number of hydrogen-bond acceptors (Lipinski definition) is 5. The second-order valence-corrected chi connectivity index (χ2v) is 8.35. The van der Waals surface area contributed by atoms with Crippen LogP contribution in [0.4, 0.5) is 0 Å². The number of aromatic nitrogens is 5. The van der Waals surface area contributed by atoms with Gasteiger partial charge in [-0.3, -0.25) is 9.36 Å². The van der Waals surface area contributed by atoms with E-state index in [1.807, 2.05) is 77.9 Å². The Morgan fingerprint density at radius 2 is 1.72 bits per heavy atom. The van der Waals surface area contributed by atoms with E-state index in [0.717, 1.165) is 39.0 Å². The van der Waals surface area contributed by atoms with Gasteiger partial charge in [0.2, 0.25) is 5.91 Å². The summed E-state index contributed by atoms with van der Waals surface area (Å²) in [5.74, 6) is 0.624. The minimum absolute atomic E-state index is 0.0751. The van der Waals surface area contributed by atoms with Crippen LogP contribution in [0.15, 0.2) is 59.8 Å². The van der Waals surface area contributed by atoms with Crippen molar-refractivity contribution in [2.24, 2.45) is 0 Å². The van der Waals surface area contributed by atoms with Gasteiger partial charge in [-0.25, -0.2) is 4.68 Å². The summed E-state index contributed by atoms with van der Waals surface area (Å²) in [7, 11) is 0. The Hall–Kier alpha value is -3.39. The summed E-state index contributed by atoms with van der Waals surface area (Å²) in [5, 5.41) is 17.1. The van der Waals surface area contributed by atoms with Crippen molar-refractivity contribution >= 4 is 17.7 Å². The number of amides is 1. The first kappa shape index (κ1) is 21.8. The largest absolute Gasteiger partial charge is 0.348 e. The second-order valence-electron chi connectivity index (χ2n) is 7.58. The maximum atomic E-state index is 12.8. The summed E-state index contributed by atoms with van der Waals surface area (Å²) < 4.78 is 3.89. The van der Waals surface area contributed by atoms with Crippen LogP contribution in [0.2, 0.25) is 0 Å². The van der Waals surface area contributed by atoms with Gasteiger partial charge < -0.3 is 5.32 Å². The number of carbonyl (C=O) groups is 1. The zero-order chi connectivity index (χ0) is 22.7. The first-order valence-electron chi connectivity index (χ1n) is 10.4. The Bertz CT molecular complexity index is 1240. The van der Waals surface area contributed by atoms with E-state index in [0.29, 0.717) is 12.4 Å². The van der Waals surface area contributed by atoms with E-state index in [4.69, 9.17) is 0 Å². The molecule has 7 nitrogen and oxygen atoms in total. The van der Waals surface area contributed by atoms with E-state index < -0.39 is 0 Å². The van der Waals surface area contributed by atoms with Crippen molar-refractivity contribution in [2.75, 3.05) is 6.26 Å². The van der Waals surface area contributed by atoms with E-state index in [1.54, 1.807) is 0 Å². The molecule has 0 radical (unpaired) electrons. The fourth-order valence-electron chi connectivity index (χ4n) is 3.76. The van der Waals surface area contributed by atoms with Crippen molar-refractivity contribution in [3.63, 3.8) is 0 Å². The summed E-state index contributed by atoms with van der Waals surface area (Å²) in [5.41, 5.74) is 5.88. The van der Waals surface area contributed by atoms with Crippen molar-refractivity contribution in [2.45, 2.75) is 38.9 Å². The SMILES string of the molecule is CSc1nnc(CNC(=O)Cc2c(C)nn(-c3ccccc3)c2C)n1-c1ccccc1C. The molecule has 0 bridgehead atoms. The van der Waals surface area contributed by atoms with Crippen LogP contribution in [0, 0.1) is 20.8 Å². The molecule has 0 fully saturated rings. The minimum Gasteiger partial charge on any atom is -0.348 e. The molecule has 4 rings (SSSR count). The lowest BCUT2D eigenvalue weighted by atomic mass is 10.1. The molecule has 1 N–H and O–H groups in total. The van der Waals surface area contributed by atoms with Crippen molar-refractivity contribution < 1.29 is 4.79 Å².